The van der Waals surface area contributed by atoms with Crippen molar-refractivity contribution in [3.05, 3.63) is 0 Å². The van der Waals surface area contributed by atoms with Crippen molar-refractivity contribution in [2.75, 3.05) is 39.3 Å². The minimum Gasteiger partial charge on any atom is -0.464 e. The summed E-state index contributed by atoms with van der Waals surface area (Å²) in [6.45, 7) is 4.86. The Bertz CT molecular complexity index is 290. The minimum absolute atomic E-state index is 0.0213. The zero-order valence-electron chi connectivity index (χ0n) is 9.22. The van der Waals surface area contributed by atoms with Gasteiger partial charge in [0, 0.05) is 39.1 Å². The summed E-state index contributed by atoms with van der Waals surface area (Å²) in [5.74, 6) is -0.0669. The molecule has 0 aromatic heterocycles. The van der Waals surface area contributed by atoms with Gasteiger partial charge in [-0.2, -0.15) is 0 Å². The average Bonchev–Trinajstić information content (AvgIpc) is 2.65. The lowest BCUT2D eigenvalue weighted by Crippen LogP contribution is -2.52. The van der Waals surface area contributed by atoms with E-state index < -0.39 is 0 Å². The predicted octanol–water partition coefficient (Wildman–Crippen LogP) is -0.794. The maximum absolute atomic E-state index is 11.4. The third-order valence-electron chi connectivity index (χ3n) is 3.13. The Balaban J connectivity index is 1.80. The summed E-state index contributed by atoms with van der Waals surface area (Å²) in [6, 6.07) is -0.0213. The van der Waals surface area contributed by atoms with Crippen LogP contribution >= 0.6 is 12.2 Å². The molecule has 16 heavy (non-hydrogen) atoms. The predicted molar refractivity (Wildman–Crippen MR) is 64.2 cm³/mol. The molecule has 0 aromatic carbocycles. The lowest BCUT2D eigenvalue weighted by atomic mass is 10.2. The second-order valence-corrected chi connectivity index (χ2v) is 4.77. The van der Waals surface area contributed by atoms with Crippen LogP contribution in [0.4, 0.5) is 0 Å². The summed E-state index contributed by atoms with van der Waals surface area (Å²) in [6.07, 6.45) is 0.828. The molecular formula is C10H17N3O2S. The maximum atomic E-state index is 11.4. The van der Waals surface area contributed by atoms with E-state index in [9.17, 15) is 4.79 Å². The van der Waals surface area contributed by atoms with Gasteiger partial charge >= 0.3 is 5.97 Å². The number of thiocarbonyl (C=S) groups is 1. The smallest absolute Gasteiger partial charge is 0.323 e. The van der Waals surface area contributed by atoms with Crippen molar-refractivity contribution >= 4 is 23.2 Å². The number of esters is 1. The first-order valence-electron chi connectivity index (χ1n) is 5.58. The molecule has 2 saturated heterocycles. The largest absolute Gasteiger partial charge is 0.464 e. The van der Waals surface area contributed by atoms with Crippen molar-refractivity contribution in [3.63, 3.8) is 0 Å². The Morgan fingerprint density at radius 1 is 1.44 bits per heavy atom. The van der Waals surface area contributed by atoms with Crippen molar-refractivity contribution in [1.29, 1.82) is 0 Å². The van der Waals surface area contributed by atoms with E-state index in [2.05, 4.69) is 9.80 Å². The molecule has 0 bridgehead atoms. The van der Waals surface area contributed by atoms with E-state index in [0.717, 1.165) is 32.6 Å². The van der Waals surface area contributed by atoms with Gasteiger partial charge in [-0.25, -0.2) is 0 Å². The van der Waals surface area contributed by atoms with Gasteiger partial charge in [0.25, 0.3) is 0 Å². The van der Waals surface area contributed by atoms with Gasteiger partial charge in [0.1, 0.15) is 6.04 Å². The molecule has 0 saturated carbocycles. The molecule has 0 spiro atoms. The summed E-state index contributed by atoms with van der Waals surface area (Å²) < 4.78 is 4.98. The summed E-state index contributed by atoms with van der Waals surface area (Å²) in [7, 11) is 0. The van der Waals surface area contributed by atoms with E-state index in [4.69, 9.17) is 22.7 Å². The van der Waals surface area contributed by atoms with Crippen LogP contribution in [-0.2, 0) is 9.53 Å². The van der Waals surface area contributed by atoms with Gasteiger partial charge in [0.15, 0.2) is 0 Å². The topological polar surface area (TPSA) is 58.8 Å². The van der Waals surface area contributed by atoms with E-state index in [1.807, 2.05) is 0 Å². The lowest BCUT2D eigenvalue weighted by Gasteiger charge is -2.36. The molecule has 5 nitrogen and oxygen atoms in total. The minimum atomic E-state index is -0.0669. The Labute approximate surface area is 101 Å². The average molecular weight is 243 g/mol. The van der Waals surface area contributed by atoms with Crippen molar-refractivity contribution in [2.24, 2.45) is 5.73 Å². The van der Waals surface area contributed by atoms with Crippen molar-refractivity contribution in [1.82, 2.24) is 9.80 Å². The monoisotopic (exact) mass is 243 g/mol. The number of piperazine rings is 1. The number of rotatable bonds is 3. The fourth-order valence-corrected chi connectivity index (χ4v) is 2.45. The number of cyclic esters (lactones) is 1. The van der Waals surface area contributed by atoms with Crippen LogP contribution in [0.3, 0.4) is 0 Å². The molecule has 6 heteroatoms. The fraction of sp³-hybridized carbons (Fsp3) is 0.800. The van der Waals surface area contributed by atoms with E-state index in [-0.39, 0.29) is 12.0 Å². The number of ether oxygens (including phenoxy) is 1. The summed E-state index contributed by atoms with van der Waals surface area (Å²) in [4.78, 5) is 16.4. The molecule has 0 aromatic rings. The van der Waals surface area contributed by atoms with E-state index in [1.165, 1.54) is 0 Å². The van der Waals surface area contributed by atoms with Crippen molar-refractivity contribution < 1.29 is 9.53 Å². The summed E-state index contributed by atoms with van der Waals surface area (Å²) in [5, 5.41) is 0. The van der Waals surface area contributed by atoms with Gasteiger partial charge in [-0.1, -0.05) is 12.2 Å². The molecular weight excluding hydrogens is 226 g/mol. The first-order chi connectivity index (χ1) is 7.66. The standard InChI is InChI=1S/C10H17N3O2S/c11-9(16)7-12-2-4-13(5-3-12)8-1-6-15-10(8)14/h8H,1-7H2,(H2,11,16). The van der Waals surface area contributed by atoms with Crippen LogP contribution in [0.2, 0.25) is 0 Å². The van der Waals surface area contributed by atoms with Crippen molar-refractivity contribution in [2.45, 2.75) is 12.5 Å². The highest BCUT2D eigenvalue weighted by molar-refractivity contribution is 7.80. The third-order valence-corrected chi connectivity index (χ3v) is 3.26. The van der Waals surface area contributed by atoms with Gasteiger partial charge in [0.05, 0.1) is 11.6 Å². The SMILES string of the molecule is NC(=S)CN1CCN(C2CCOC2=O)CC1. The molecule has 2 fully saturated rings. The quantitative estimate of drug-likeness (QED) is 0.517. The van der Waals surface area contributed by atoms with Gasteiger partial charge in [0.2, 0.25) is 0 Å². The second kappa shape index (κ2) is 5.07. The molecule has 0 amide bonds. The molecule has 2 rings (SSSR count). The lowest BCUT2D eigenvalue weighted by molar-refractivity contribution is -0.142. The van der Waals surface area contributed by atoms with Crippen LogP contribution in [0.1, 0.15) is 6.42 Å². The first kappa shape index (κ1) is 11.8. The number of hydrogen-bond donors (Lipinski definition) is 1. The van der Waals surface area contributed by atoms with Crippen LogP contribution in [0, 0.1) is 0 Å². The van der Waals surface area contributed by atoms with Gasteiger partial charge in [-0.3, -0.25) is 14.6 Å². The molecule has 2 aliphatic rings. The van der Waals surface area contributed by atoms with E-state index >= 15 is 0 Å². The zero-order valence-corrected chi connectivity index (χ0v) is 10.0. The van der Waals surface area contributed by atoms with Crippen LogP contribution in [0.25, 0.3) is 0 Å². The Morgan fingerprint density at radius 2 is 2.12 bits per heavy atom. The highest BCUT2D eigenvalue weighted by Gasteiger charge is 2.33. The molecule has 1 atom stereocenters. The second-order valence-electron chi connectivity index (χ2n) is 4.25. The first-order valence-corrected chi connectivity index (χ1v) is 5.99. The highest BCUT2D eigenvalue weighted by atomic mass is 32.1. The Hall–Kier alpha value is -0.720. The summed E-state index contributed by atoms with van der Waals surface area (Å²) >= 11 is 4.88. The zero-order chi connectivity index (χ0) is 11.5. The van der Waals surface area contributed by atoms with Crippen LogP contribution < -0.4 is 5.73 Å². The number of carbonyl (C=O) groups is 1. The van der Waals surface area contributed by atoms with Crippen LogP contribution in [0.15, 0.2) is 0 Å². The fourth-order valence-electron chi connectivity index (χ4n) is 2.27. The number of nitrogens with zero attached hydrogens (tertiary/aromatic N) is 2. The normalized spacial score (nSPS) is 28.0. The van der Waals surface area contributed by atoms with Gasteiger partial charge in [-0.15, -0.1) is 0 Å². The van der Waals surface area contributed by atoms with Gasteiger partial charge < -0.3 is 10.5 Å². The molecule has 2 heterocycles. The third kappa shape index (κ3) is 2.69. The molecule has 0 aliphatic carbocycles. The molecule has 2 N–H and O–H groups in total. The number of nitrogens with two attached hydrogens (primary N) is 1. The number of carbonyl (C=O) groups excluding carboxylic acids is 1. The maximum Gasteiger partial charge on any atom is 0.323 e. The molecule has 2 aliphatic heterocycles. The molecule has 0 radical (unpaired) electrons. The molecule has 1 unspecified atom stereocenters. The number of hydrogen-bond acceptors (Lipinski definition) is 5. The van der Waals surface area contributed by atoms with Crippen LogP contribution in [0.5, 0.6) is 0 Å². The highest BCUT2D eigenvalue weighted by Crippen LogP contribution is 2.15. The summed E-state index contributed by atoms with van der Waals surface area (Å²) in [5.41, 5.74) is 5.50. The van der Waals surface area contributed by atoms with Crippen LogP contribution in [-0.4, -0.2) is 66.1 Å². The van der Waals surface area contributed by atoms with E-state index in [0.29, 0.717) is 18.1 Å². The van der Waals surface area contributed by atoms with Crippen molar-refractivity contribution in [3.8, 4) is 0 Å². The molecule has 90 valence electrons. The Morgan fingerprint density at radius 3 is 2.62 bits per heavy atom. The van der Waals surface area contributed by atoms with Gasteiger partial charge in [-0.05, 0) is 0 Å². The Kier molecular flexibility index (Phi) is 3.73. The van der Waals surface area contributed by atoms with E-state index in [1.54, 1.807) is 0 Å².